The number of methoxy groups -OCH3 is 1. The number of nitrogens with zero attached hydrogens (tertiary/aromatic N) is 1. The fraction of sp³-hybridized carbons (Fsp3) is 0.250. The van der Waals surface area contributed by atoms with E-state index in [0.29, 0.717) is 22.7 Å². The lowest BCUT2D eigenvalue weighted by Crippen LogP contribution is -2.31. The van der Waals surface area contributed by atoms with Crippen LogP contribution in [0, 0.1) is 0 Å². The lowest BCUT2D eigenvalue weighted by Gasteiger charge is -2.21. The van der Waals surface area contributed by atoms with Crippen LogP contribution < -0.4 is 15.0 Å². The van der Waals surface area contributed by atoms with Gasteiger partial charge in [0.15, 0.2) is 5.78 Å². The van der Waals surface area contributed by atoms with E-state index in [9.17, 15) is 14.4 Å². The van der Waals surface area contributed by atoms with Crippen molar-refractivity contribution in [3.05, 3.63) is 54.1 Å². The van der Waals surface area contributed by atoms with Crippen molar-refractivity contribution in [2.45, 2.75) is 20.3 Å². The standard InChI is InChI=1S/C20H22N2O4/c1-14(23)16-7-9-17(10-8-16)21-20(25)11-12-22(15(2)24)18-5-4-6-19(13-18)26-3/h4-10,13H,11-12H2,1-3H3,(H,21,25). The molecule has 0 heterocycles. The molecule has 0 aliphatic carbocycles. The summed E-state index contributed by atoms with van der Waals surface area (Å²) in [5, 5.41) is 2.76. The zero-order chi connectivity index (χ0) is 19.1. The molecule has 0 aliphatic heterocycles. The van der Waals surface area contributed by atoms with Gasteiger partial charge < -0.3 is 15.0 Å². The van der Waals surface area contributed by atoms with E-state index in [4.69, 9.17) is 4.74 Å². The second-order valence-electron chi connectivity index (χ2n) is 5.80. The number of Topliss-reactive ketones (excluding diaryl/α,β-unsaturated/α-hetero) is 1. The van der Waals surface area contributed by atoms with E-state index in [-0.39, 0.29) is 30.6 Å². The van der Waals surface area contributed by atoms with E-state index in [1.165, 1.54) is 18.7 Å². The summed E-state index contributed by atoms with van der Waals surface area (Å²) in [6, 6.07) is 13.8. The molecule has 1 N–H and O–H groups in total. The van der Waals surface area contributed by atoms with E-state index in [1.54, 1.807) is 55.6 Å². The highest BCUT2D eigenvalue weighted by Crippen LogP contribution is 2.21. The summed E-state index contributed by atoms with van der Waals surface area (Å²) < 4.78 is 5.17. The highest BCUT2D eigenvalue weighted by Gasteiger charge is 2.14. The molecule has 0 aromatic heterocycles. The van der Waals surface area contributed by atoms with E-state index in [0.717, 1.165) is 0 Å². The Labute approximate surface area is 152 Å². The molecule has 0 spiro atoms. The van der Waals surface area contributed by atoms with Gasteiger partial charge in [-0.25, -0.2) is 0 Å². The number of rotatable bonds is 7. The average molecular weight is 354 g/mol. The molecule has 2 rings (SSSR count). The highest BCUT2D eigenvalue weighted by molar-refractivity contribution is 5.96. The number of hydrogen-bond donors (Lipinski definition) is 1. The smallest absolute Gasteiger partial charge is 0.226 e. The van der Waals surface area contributed by atoms with Gasteiger partial charge in [-0.1, -0.05) is 6.07 Å². The van der Waals surface area contributed by atoms with E-state index in [1.807, 2.05) is 0 Å². The minimum atomic E-state index is -0.213. The number of ketones is 1. The predicted octanol–water partition coefficient (Wildman–Crippen LogP) is 3.28. The van der Waals surface area contributed by atoms with Crippen molar-refractivity contribution in [1.82, 2.24) is 0 Å². The maximum absolute atomic E-state index is 12.2. The maximum Gasteiger partial charge on any atom is 0.226 e. The zero-order valence-corrected chi connectivity index (χ0v) is 15.1. The molecule has 0 bridgehead atoms. The Morgan fingerprint density at radius 2 is 1.73 bits per heavy atom. The largest absolute Gasteiger partial charge is 0.497 e. The molecule has 2 amide bonds. The summed E-state index contributed by atoms with van der Waals surface area (Å²) >= 11 is 0. The molecule has 0 unspecified atom stereocenters. The van der Waals surface area contributed by atoms with Gasteiger partial charge in [-0.15, -0.1) is 0 Å². The fourth-order valence-corrected chi connectivity index (χ4v) is 2.47. The number of carbonyl (C=O) groups is 3. The Morgan fingerprint density at radius 1 is 1.04 bits per heavy atom. The van der Waals surface area contributed by atoms with Crippen LogP contribution in [0.1, 0.15) is 30.6 Å². The third kappa shape index (κ3) is 5.17. The maximum atomic E-state index is 12.2. The fourth-order valence-electron chi connectivity index (χ4n) is 2.47. The Bertz CT molecular complexity index is 800. The number of anilines is 2. The Morgan fingerprint density at radius 3 is 2.31 bits per heavy atom. The highest BCUT2D eigenvalue weighted by atomic mass is 16.5. The summed E-state index contributed by atoms with van der Waals surface area (Å²) in [4.78, 5) is 36.9. The molecular formula is C20H22N2O4. The van der Waals surface area contributed by atoms with Gasteiger partial charge in [-0.2, -0.15) is 0 Å². The molecule has 0 saturated carbocycles. The predicted molar refractivity (Wildman–Crippen MR) is 101 cm³/mol. The molecule has 0 atom stereocenters. The zero-order valence-electron chi connectivity index (χ0n) is 15.1. The van der Waals surface area contributed by atoms with Gasteiger partial charge in [0.2, 0.25) is 11.8 Å². The minimum absolute atomic E-state index is 0.0294. The van der Waals surface area contributed by atoms with Gasteiger partial charge in [0.25, 0.3) is 0 Å². The summed E-state index contributed by atoms with van der Waals surface area (Å²) in [6.45, 7) is 3.19. The van der Waals surface area contributed by atoms with Gasteiger partial charge in [-0.3, -0.25) is 14.4 Å². The van der Waals surface area contributed by atoms with E-state index >= 15 is 0 Å². The summed E-state index contributed by atoms with van der Waals surface area (Å²) in [5.74, 6) is 0.244. The van der Waals surface area contributed by atoms with Gasteiger partial charge >= 0.3 is 0 Å². The number of benzene rings is 2. The molecule has 136 valence electrons. The van der Waals surface area contributed by atoms with Crippen LogP contribution in [-0.2, 0) is 9.59 Å². The monoisotopic (exact) mass is 354 g/mol. The van der Waals surface area contributed by atoms with Crippen molar-refractivity contribution in [3.8, 4) is 5.75 Å². The Balaban J connectivity index is 1.98. The lowest BCUT2D eigenvalue weighted by molar-refractivity contribution is -0.117. The van der Waals surface area contributed by atoms with Crippen LogP contribution in [0.25, 0.3) is 0 Å². The number of nitrogens with one attached hydrogen (secondary N) is 1. The SMILES string of the molecule is COc1cccc(N(CCC(=O)Nc2ccc(C(C)=O)cc2)C(C)=O)c1. The van der Waals surface area contributed by atoms with Crippen LogP contribution in [-0.4, -0.2) is 31.3 Å². The molecule has 0 radical (unpaired) electrons. The van der Waals surface area contributed by atoms with Crippen molar-refractivity contribution >= 4 is 29.0 Å². The molecular weight excluding hydrogens is 332 g/mol. The molecule has 6 heteroatoms. The van der Waals surface area contributed by atoms with E-state index in [2.05, 4.69) is 5.32 Å². The van der Waals surface area contributed by atoms with E-state index < -0.39 is 0 Å². The van der Waals surface area contributed by atoms with Gasteiger partial charge in [0.1, 0.15) is 5.75 Å². The number of hydrogen-bond acceptors (Lipinski definition) is 4. The van der Waals surface area contributed by atoms with Crippen molar-refractivity contribution in [1.29, 1.82) is 0 Å². The molecule has 2 aromatic rings. The first kappa shape index (κ1) is 19.2. The summed E-state index contributed by atoms with van der Waals surface area (Å²) in [5.41, 5.74) is 1.87. The number of amides is 2. The topological polar surface area (TPSA) is 75.7 Å². The second-order valence-corrected chi connectivity index (χ2v) is 5.80. The van der Waals surface area contributed by atoms with Crippen LogP contribution in [0.4, 0.5) is 11.4 Å². The number of carbonyl (C=O) groups excluding carboxylic acids is 3. The van der Waals surface area contributed by atoms with Crippen molar-refractivity contribution < 1.29 is 19.1 Å². The van der Waals surface area contributed by atoms with Gasteiger partial charge in [0.05, 0.1) is 7.11 Å². The first-order chi connectivity index (χ1) is 12.4. The minimum Gasteiger partial charge on any atom is -0.497 e. The summed E-state index contributed by atoms with van der Waals surface area (Å²) in [7, 11) is 1.56. The van der Waals surface area contributed by atoms with Crippen LogP contribution in [0.3, 0.4) is 0 Å². The normalized spacial score (nSPS) is 10.1. The van der Waals surface area contributed by atoms with Crippen LogP contribution >= 0.6 is 0 Å². The Kier molecular flexibility index (Phi) is 6.49. The molecule has 0 aliphatic rings. The second kappa shape index (κ2) is 8.80. The molecule has 2 aromatic carbocycles. The van der Waals surface area contributed by atoms with Crippen LogP contribution in [0.2, 0.25) is 0 Å². The van der Waals surface area contributed by atoms with Gasteiger partial charge in [-0.05, 0) is 43.3 Å². The number of ether oxygens (including phenoxy) is 1. The van der Waals surface area contributed by atoms with Crippen molar-refractivity contribution in [3.63, 3.8) is 0 Å². The quantitative estimate of drug-likeness (QED) is 0.774. The van der Waals surface area contributed by atoms with Gasteiger partial charge in [0, 0.05) is 42.9 Å². The van der Waals surface area contributed by atoms with Crippen LogP contribution in [0.5, 0.6) is 5.75 Å². The Hall–Kier alpha value is -3.15. The molecule has 6 nitrogen and oxygen atoms in total. The molecule has 26 heavy (non-hydrogen) atoms. The molecule has 0 saturated heterocycles. The summed E-state index contributed by atoms with van der Waals surface area (Å²) in [6.07, 6.45) is 0.144. The third-order valence-corrected chi connectivity index (χ3v) is 3.88. The lowest BCUT2D eigenvalue weighted by atomic mass is 10.1. The third-order valence-electron chi connectivity index (χ3n) is 3.88. The van der Waals surface area contributed by atoms with Crippen LogP contribution in [0.15, 0.2) is 48.5 Å². The van der Waals surface area contributed by atoms with Crippen molar-refractivity contribution in [2.24, 2.45) is 0 Å². The first-order valence-corrected chi connectivity index (χ1v) is 8.23. The average Bonchev–Trinajstić information content (AvgIpc) is 2.62. The molecule has 0 fully saturated rings. The van der Waals surface area contributed by atoms with Crippen molar-refractivity contribution in [2.75, 3.05) is 23.9 Å². The first-order valence-electron chi connectivity index (χ1n) is 8.23.